The molecule has 4 unspecified atom stereocenters. The summed E-state index contributed by atoms with van der Waals surface area (Å²) in [7, 11) is 0. The molecule has 0 heteroatoms. The third-order valence-electron chi connectivity index (χ3n) is 16.9. The van der Waals surface area contributed by atoms with E-state index in [-0.39, 0.29) is 0 Å². The molecular weight excluding hydrogens is 553 g/mol. The summed E-state index contributed by atoms with van der Waals surface area (Å²) in [5, 5.41) is 0. The Labute approximate surface area is 291 Å². The fourth-order valence-electron chi connectivity index (χ4n) is 12.6. The van der Waals surface area contributed by atoms with E-state index in [0.717, 1.165) is 75.9 Å². The summed E-state index contributed by atoms with van der Waals surface area (Å²) in [6.07, 6.45) is 32.0. The summed E-state index contributed by atoms with van der Waals surface area (Å²) in [4.78, 5) is 0. The van der Waals surface area contributed by atoms with Gasteiger partial charge in [0, 0.05) is 0 Å². The Morgan fingerprint density at radius 2 is 1.00 bits per heavy atom. The maximum atomic E-state index is 2.49. The molecule has 0 saturated heterocycles. The standard InChI is InChI=1S/2C13H24.C11H20.C9H18/c1-8(2)11-6-10-7-12(9(11)3)13(10,4)5;1-11(2)12-5-9-13(10-6-12)7-3-4-8-13;1-9(2)11-6-3-10(4-7-11)5-8-11;1-8(2)9-6-4-3-5-7-9/h8-12H,6-7H2,1-5H3;11-12H,3-10H2,1-2H3;9-10H,3-8H2,1-2H3;8-9H,3-7H2,1-2H3. The van der Waals surface area contributed by atoms with Crippen molar-refractivity contribution in [3.05, 3.63) is 0 Å². The molecule has 4 atom stereocenters. The predicted octanol–water partition coefficient (Wildman–Crippen LogP) is 15.2. The monoisotopic (exact) mass is 639 g/mol. The zero-order valence-corrected chi connectivity index (χ0v) is 33.7. The largest absolute Gasteiger partial charge is 0.0625 e. The van der Waals surface area contributed by atoms with Crippen molar-refractivity contribution in [1.82, 2.24) is 0 Å². The molecule has 0 amide bonds. The van der Waals surface area contributed by atoms with Gasteiger partial charge in [0.05, 0.1) is 0 Å². The second-order valence-corrected chi connectivity index (χ2v) is 20.8. The van der Waals surface area contributed by atoms with Crippen LogP contribution in [0.2, 0.25) is 0 Å². The number of hydrogen-bond donors (Lipinski definition) is 0. The van der Waals surface area contributed by atoms with E-state index in [0.29, 0.717) is 5.41 Å². The van der Waals surface area contributed by atoms with Crippen molar-refractivity contribution in [1.29, 1.82) is 0 Å². The first-order chi connectivity index (χ1) is 21.7. The van der Waals surface area contributed by atoms with Gasteiger partial charge < -0.3 is 0 Å². The SMILES string of the molecule is CC(C)C12CCC(CC1)CC2.CC(C)C1CC2CC(C1C)C2(C)C.CC(C)C1CCC2(CCCC2)CC1.CC(C)C1CCCCC1. The molecule has 9 saturated carbocycles. The summed E-state index contributed by atoms with van der Waals surface area (Å²) in [5.41, 5.74) is 2.30. The van der Waals surface area contributed by atoms with Gasteiger partial charge in [0.25, 0.3) is 0 Å². The fraction of sp³-hybridized carbons (Fsp3) is 1.00. The molecule has 270 valence electrons. The van der Waals surface area contributed by atoms with E-state index in [4.69, 9.17) is 0 Å². The molecule has 9 aliphatic rings. The molecule has 4 bridgehead atoms. The molecular formula is C46H86. The van der Waals surface area contributed by atoms with E-state index < -0.39 is 0 Å². The van der Waals surface area contributed by atoms with Gasteiger partial charge >= 0.3 is 0 Å². The van der Waals surface area contributed by atoms with E-state index in [1.54, 1.807) is 25.7 Å². The highest BCUT2D eigenvalue weighted by molar-refractivity contribution is 5.05. The third-order valence-corrected chi connectivity index (χ3v) is 16.9. The van der Waals surface area contributed by atoms with Crippen molar-refractivity contribution in [2.45, 2.75) is 211 Å². The Kier molecular flexibility index (Phi) is 14.2. The number of hydrogen-bond acceptors (Lipinski definition) is 0. The second-order valence-electron chi connectivity index (χ2n) is 20.8. The Morgan fingerprint density at radius 3 is 1.37 bits per heavy atom. The van der Waals surface area contributed by atoms with Gasteiger partial charge in [-0.1, -0.05) is 121 Å². The van der Waals surface area contributed by atoms with Crippen LogP contribution in [0.3, 0.4) is 0 Å². The fourth-order valence-corrected chi connectivity index (χ4v) is 12.6. The summed E-state index contributed by atoms with van der Waals surface area (Å²) < 4.78 is 0. The van der Waals surface area contributed by atoms with Crippen LogP contribution in [0, 0.1) is 81.3 Å². The Morgan fingerprint density at radius 1 is 0.500 bits per heavy atom. The first kappa shape index (κ1) is 38.8. The zero-order chi connectivity index (χ0) is 33.7. The van der Waals surface area contributed by atoms with Gasteiger partial charge in [0.15, 0.2) is 0 Å². The summed E-state index contributed by atoms with van der Waals surface area (Å²) in [5.74, 6) is 11.0. The zero-order valence-electron chi connectivity index (χ0n) is 33.7. The summed E-state index contributed by atoms with van der Waals surface area (Å²) in [6, 6.07) is 0. The first-order valence-corrected chi connectivity index (χ1v) is 21.7. The lowest BCUT2D eigenvalue weighted by Crippen LogP contribution is -2.55. The third kappa shape index (κ3) is 9.41. The van der Waals surface area contributed by atoms with Crippen LogP contribution in [0.1, 0.15) is 211 Å². The lowest BCUT2D eigenvalue weighted by molar-refractivity contribution is -0.137. The van der Waals surface area contributed by atoms with E-state index in [2.05, 4.69) is 76.2 Å². The molecule has 0 nitrogen and oxygen atoms in total. The van der Waals surface area contributed by atoms with Crippen LogP contribution in [-0.4, -0.2) is 0 Å². The first-order valence-electron chi connectivity index (χ1n) is 21.7. The van der Waals surface area contributed by atoms with Crippen molar-refractivity contribution in [3.8, 4) is 0 Å². The molecule has 1 spiro atoms. The lowest BCUT2D eigenvalue weighted by atomic mass is 9.42. The Hall–Kier alpha value is 0. The van der Waals surface area contributed by atoms with Crippen LogP contribution in [0.15, 0.2) is 0 Å². The average Bonchev–Trinajstić information content (AvgIpc) is 3.50. The van der Waals surface area contributed by atoms with Crippen LogP contribution in [0.4, 0.5) is 0 Å². The topological polar surface area (TPSA) is 0 Å². The van der Waals surface area contributed by atoms with Crippen molar-refractivity contribution < 1.29 is 0 Å². The van der Waals surface area contributed by atoms with Gasteiger partial charge in [-0.15, -0.1) is 0 Å². The van der Waals surface area contributed by atoms with E-state index in [9.17, 15) is 0 Å². The highest BCUT2D eigenvalue weighted by Gasteiger charge is 2.56. The molecule has 9 rings (SSSR count). The highest BCUT2D eigenvalue weighted by Crippen LogP contribution is 2.64. The van der Waals surface area contributed by atoms with Gasteiger partial charge in [-0.05, 0) is 171 Å². The molecule has 0 aliphatic heterocycles. The van der Waals surface area contributed by atoms with Crippen molar-refractivity contribution in [2.24, 2.45) is 81.3 Å². The molecule has 0 aromatic carbocycles. The Bertz CT molecular complexity index is 827. The lowest BCUT2D eigenvalue weighted by Gasteiger charge is -2.63. The quantitative estimate of drug-likeness (QED) is 0.287. The van der Waals surface area contributed by atoms with E-state index in [1.807, 2.05) is 0 Å². The molecule has 46 heavy (non-hydrogen) atoms. The van der Waals surface area contributed by atoms with Gasteiger partial charge in [0.1, 0.15) is 0 Å². The minimum Gasteiger partial charge on any atom is -0.0625 e. The van der Waals surface area contributed by atoms with E-state index >= 15 is 0 Å². The summed E-state index contributed by atoms with van der Waals surface area (Å²) in [6.45, 7) is 26.6. The minimum atomic E-state index is 0.671. The molecule has 0 aromatic heterocycles. The molecule has 0 heterocycles. The predicted molar refractivity (Wildman–Crippen MR) is 205 cm³/mol. The maximum Gasteiger partial charge on any atom is -0.0274 e. The van der Waals surface area contributed by atoms with Gasteiger partial charge in [-0.25, -0.2) is 0 Å². The second kappa shape index (κ2) is 16.8. The molecule has 9 fully saturated rings. The number of fused-ring (bicyclic) bond motifs is 5. The average molecular weight is 639 g/mol. The highest BCUT2D eigenvalue weighted by atomic mass is 14.6. The van der Waals surface area contributed by atoms with Crippen LogP contribution in [0.5, 0.6) is 0 Å². The van der Waals surface area contributed by atoms with Crippen LogP contribution >= 0.6 is 0 Å². The van der Waals surface area contributed by atoms with Crippen molar-refractivity contribution in [3.63, 3.8) is 0 Å². The van der Waals surface area contributed by atoms with Crippen LogP contribution in [-0.2, 0) is 0 Å². The smallest absolute Gasteiger partial charge is 0.0274 e. The van der Waals surface area contributed by atoms with Gasteiger partial charge in [0.2, 0.25) is 0 Å². The van der Waals surface area contributed by atoms with Gasteiger partial charge in [-0.3, -0.25) is 0 Å². The van der Waals surface area contributed by atoms with Crippen molar-refractivity contribution >= 4 is 0 Å². The summed E-state index contributed by atoms with van der Waals surface area (Å²) >= 11 is 0. The van der Waals surface area contributed by atoms with Crippen molar-refractivity contribution in [2.75, 3.05) is 0 Å². The maximum absolute atomic E-state index is 2.49. The molecule has 0 radical (unpaired) electrons. The number of rotatable bonds is 4. The van der Waals surface area contributed by atoms with E-state index in [1.165, 1.54) is 109 Å². The molecule has 0 N–H and O–H groups in total. The molecule has 0 aromatic rings. The molecule has 9 aliphatic carbocycles. The van der Waals surface area contributed by atoms with Crippen LogP contribution < -0.4 is 0 Å². The Balaban J connectivity index is 0.000000141. The van der Waals surface area contributed by atoms with Crippen LogP contribution in [0.25, 0.3) is 0 Å². The minimum absolute atomic E-state index is 0.671. The van der Waals surface area contributed by atoms with Gasteiger partial charge in [-0.2, -0.15) is 0 Å². The normalized spacial score (nSPS) is 37.6.